The molecule has 1 fully saturated rings. The number of hydrogen-bond acceptors (Lipinski definition) is 7. The highest BCUT2D eigenvalue weighted by Gasteiger charge is 2.25. The van der Waals surface area contributed by atoms with Crippen molar-refractivity contribution in [3.05, 3.63) is 12.2 Å². The summed E-state index contributed by atoms with van der Waals surface area (Å²) in [5.74, 6) is -2.13. The second-order valence-electron chi connectivity index (χ2n) is 6.85. The lowest BCUT2D eigenvalue weighted by Crippen LogP contribution is -2.28. The molecule has 0 radical (unpaired) electrons. The number of ether oxygens (including phenoxy) is 2. The Labute approximate surface area is 165 Å². The van der Waals surface area contributed by atoms with Gasteiger partial charge in [-0.15, -0.1) is 0 Å². The number of hydrogen-bond donors (Lipinski definition) is 2. The summed E-state index contributed by atoms with van der Waals surface area (Å²) >= 11 is 0. The average Bonchev–Trinajstić information content (AvgIpc) is 3.08. The molecule has 0 spiro atoms. The number of carbonyl (C=O) groups is 3. The van der Waals surface area contributed by atoms with Gasteiger partial charge in [-0.2, -0.15) is 5.26 Å². The van der Waals surface area contributed by atoms with E-state index in [1.54, 1.807) is 6.92 Å². The molecule has 156 valence electrons. The zero-order chi connectivity index (χ0) is 20.9. The number of amides is 1. The summed E-state index contributed by atoms with van der Waals surface area (Å²) in [5.41, 5.74) is 0. The minimum absolute atomic E-state index is 0.0684. The van der Waals surface area contributed by atoms with Crippen molar-refractivity contribution >= 4 is 17.8 Å². The second kappa shape index (κ2) is 13.0. The molecule has 1 aliphatic heterocycles. The van der Waals surface area contributed by atoms with Crippen LogP contribution < -0.4 is 5.32 Å². The Morgan fingerprint density at radius 3 is 2.68 bits per heavy atom. The molecule has 1 heterocycles. The standard InChI is InChI=1S/C20H30N2O6/c1-3-14(12-16(23)13-17(4-2)27-11-5-10-21)20(26)28-19(25)9-7-15-6-8-18(24)22-15/h7,9,14-17,23H,3-6,8,11-13H2,1-2H3,(H,22,24)/b9-7+. The first-order valence-electron chi connectivity index (χ1n) is 9.79. The third-order valence-corrected chi connectivity index (χ3v) is 4.64. The molecule has 0 aromatic carbocycles. The van der Waals surface area contributed by atoms with E-state index in [1.807, 2.05) is 13.0 Å². The zero-order valence-electron chi connectivity index (χ0n) is 16.6. The number of nitriles is 1. The minimum Gasteiger partial charge on any atom is -0.393 e. The zero-order valence-corrected chi connectivity index (χ0v) is 16.6. The van der Waals surface area contributed by atoms with Crippen LogP contribution in [0.25, 0.3) is 0 Å². The van der Waals surface area contributed by atoms with Gasteiger partial charge in [0.15, 0.2) is 0 Å². The number of nitrogens with one attached hydrogen (secondary N) is 1. The van der Waals surface area contributed by atoms with Gasteiger partial charge in [-0.3, -0.25) is 9.59 Å². The topological polar surface area (TPSA) is 126 Å². The molecule has 1 rings (SSSR count). The van der Waals surface area contributed by atoms with E-state index in [0.29, 0.717) is 38.7 Å². The van der Waals surface area contributed by atoms with E-state index in [2.05, 4.69) is 5.32 Å². The van der Waals surface area contributed by atoms with Crippen LogP contribution in [-0.4, -0.2) is 47.8 Å². The number of carbonyl (C=O) groups excluding carboxylic acids is 3. The lowest BCUT2D eigenvalue weighted by molar-refractivity contribution is -0.160. The lowest BCUT2D eigenvalue weighted by Gasteiger charge is -2.22. The van der Waals surface area contributed by atoms with Crippen LogP contribution in [0.15, 0.2) is 12.2 Å². The molecule has 2 N–H and O–H groups in total. The molecular weight excluding hydrogens is 364 g/mol. The fraction of sp³-hybridized carbons (Fsp3) is 0.700. The summed E-state index contributed by atoms with van der Waals surface area (Å²) in [5, 5.41) is 21.5. The van der Waals surface area contributed by atoms with E-state index in [9.17, 15) is 19.5 Å². The fourth-order valence-electron chi connectivity index (χ4n) is 2.97. The lowest BCUT2D eigenvalue weighted by atomic mass is 9.95. The number of aliphatic hydroxyl groups is 1. The third-order valence-electron chi connectivity index (χ3n) is 4.64. The highest BCUT2D eigenvalue weighted by atomic mass is 16.6. The number of rotatable bonds is 12. The van der Waals surface area contributed by atoms with E-state index >= 15 is 0 Å². The van der Waals surface area contributed by atoms with Crippen molar-refractivity contribution in [2.45, 2.75) is 77.0 Å². The molecule has 0 aliphatic carbocycles. The summed E-state index contributed by atoms with van der Waals surface area (Å²) in [7, 11) is 0. The van der Waals surface area contributed by atoms with Gasteiger partial charge in [0.2, 0.25) is 5.91 Å². The van der Waals surface area contributed by atoms with E-state index < -0.39 is 24.0 Å². The normalized spacial score (nSPS) is 19.6. The van der Waals surface area contributed by atoms with Gasteiger partial charge in [-0.05, 0) is 32.1 Å². The fourth-order valence-corrected chi connectivity index (χ4v) is 2.97. The van der Waals surface area contributed by atoms with Crippen molar-refractivity contribution in [3.8, 4) is 6.07 Å². The van der Waals surface area contributed by atoms with Gasteiger partial charge in [-0.1, -0.05) is 19.9 Å². The number of esters is 2. The Hall–Kier alpha value is -2.24. The molecule has 28 heavy (non-hydrogen) atoms. The molecular formula is C20H30N2O6. The first-order valence-corrected chi connectivity index (χ1v) is 9.79. The molecule has 1 amide bonds. The van der Waals surface area contributed by atoms with Crippen LogP contribution in [0.5, 0.6) is 0 Å². The summed E-state index contributed by atoms with van der Waals surface area (Å²) in [6.07, 6.45) is 4.64. The molecule has 1 saturated heterocycles. The van der Waals surface area contributed by atoms with Crippen LogP contribution in [0.1, 0.15) is 58.8 Å². The van der Waals surface area contributed by atoms with Gasteiger partial charge >= 0.3 is 11.9 Å². The number of nitrogens with zero attached hydrogens (tertiary/aromatic N) is 1. The Bertz CT molecular complexity index is 598. The van der Waals surface area contributed by atoms with Crippen molar-refractivity contribution in [1.29, 1.82) is 5.26 Å². The molecule has 4 unspecified atom stereocenters. The smallest absolute Gasteiger partial charge is 0.338 e. The molecule has 0 aromatic rings. The summed E-state index contributed by atoms with van der Waals surface area (Å²) in [6, 6.07) is 1.78. The molecule has 0 aromatic heterocycles. The minimum atomic E-state index is -0.787. The Morgan fingerprint density at radius 2 is 2.11 bits per heavy atom. The molecule has 0 bridgehead atoms. The Kier molecular flexibility index (Phi) is 11.1. The van der Waals surface area contributed by atoms with Gasteiger partial charge in [0.05, 0.1) is 37.2 Å². The summed E-state index contributed by atoms with van der Waals surface area (Å²) < 4.78 is 10.4. The Balaban J connectivity index is 2.44. The Morgan fingerprint density at radius 1 is 1.36 bits per heavy atom. The van der Waals surface area contributed by atoms with E-state index in [0.717, 1.165) is 6.08 Å². The van der Waals surface area contributed by atoms with Crippen molar-refractivity contribution in [3.63, 3.8) is 0 Å². The largest absolute Gasteiger partial charge is 0.393 e. The third kappa shape index (κ3) is 9.11. The van der Waals surface area contributed by atoms with E-state index in [1.165, 1.54) is 6.08 Å². The second-order valence-corrected chi connectivity index (χ2v) is 6.85. The van der Waals surface area contributed by atoms with Crippen LogP contribution >= 0.6 is 0 Å². The van der Waals surface area contributed by atoms with Gasteiger partial charge in [0.1, 0.15) is 0 Å². The number of aliphatic hydroxyl groups excluding tert-OH is 1. The van der Waals surface area contributed by atoms with Crippen molar-refractivity contribution < 1.29 is 29.0 Å². The molecule has 0 saturated carbocycles. The maximum absolute atomic E-state index is 12.2. The van der Waals surface area contributed by atoms with E-state index in [-0.39, 0.29) is 30.9 Å². The van der Waals surface area contributed by atoms with Crippen LogP contribution in [0.2, 0.25) is 0 Å². The van der Waals surface area contributed by atoms with Gasteiger partial charge < -0.3 is 19.9 Å². The predicted molar refractivity (Wildman–Crippen MR) is 101 cm³/mol. The maximum atomic E-state index is 12.2. The highest BCUT2D eigenvalue weighted by Crippen LogP contribution is 2.19. The quantitative estimate of drug-likeness (QED) is 0.224. The first kappa shape index (κ1) is 23.8. The SMILES string of the molecule is CCC(CC(O)CC(CC)C(=O)OC(=O)/C=C/C1CCC(=O)N1)OCCC#N. The summed E-state index contributed by atoms with van der Waals surface area (Å²) in [4.78, 5) is 35.1. The maximum Gasteiger partial charge on any atom is 0.338 e. The van der Waals surface area contributed by atoms with Gasteiger partial charge in [0.25, 0.3) is 0 Å². The van der Waals surface area contributed by atoms with Crippen LogP contribution in [-0.2, 0) is 23.9 Å². The van der Waals surface area contributed by atoms with Crippen LogP contribution in [0, 0.1) is 17.2 Å². The molecule has 8 nitrogen and oxygen atoms in total. The van der Waals surface area contributed by atoms with Gasteiger partial charge in [-0.25, -0.2) is 4.79 Å². The highest BCUT2D eigenvalue weighted by molar-refractivity contribution is 5.93. The monoisotopic (exact) mass is 394 g/mol. The first-order chi connectivity index (χ1) is 13.4. The van der Waals surface area contributed by atoms with Crippen molar-refractivity contribution in [2.24, 2.45) is 5.92 Å². The van der Waals surface area contributed by atoms with Crippen LogP contribution in [0.3, 0.4) is 0 Å². The molecule has 1 aliphatic rings. The molecule has 4 atom stereocenters. The summed E-state index contributed by atoms with van der Waals surface area (Å²) in [6.45, 7) is 4.02. The molecule has 8 heteroatoms. The van der Waals surface area contributed by atoms with E-state index in [4.69, 9.17) is 14.7 Å². The predicted octanol–water partition coefficient (Wildman–Crippen LogP) is 1.77. The van der Waals surface area contributed by atoms with Crippen LogP contribution in [0.4, 0.5) is 0 Å². The van der Waals surface area contributed by atoms with Crippen molar-refractivity contribution in [1.82, 2.24) is 5.32 Å². The van der Waals surface area contributed by atoms with Crippen molar-refractivity contribution in [2.75, 3.05) is 6.61 Å². The average molecular weight is 394 g/mol. The van der Waals surface area contributed by atoms with Gasteiger partial charge in [0, 0.05) is 18.5 Å².